The maximum atomic E-state index is 9.98. The van der Waals surface area contributed by atoms with Crippen molar-refractivity contribution in [2.24, 2.45) is 17.3 Å². The van der Waals surface area contributed by atoms with Gasteiger partial charge in [-0.15, -0.1) is 0 Å². The Kier molecular flexibility index (Phi) is 6.89. The summed E-state index contributed by atoms with van der Waals surface area (Å²) >= 11 is 0. The third-order valence-electron chi connectivity index (χ3n) is 7.53. The number of hydrogen-bond acceptors (Lipinski definition) is 3. The fourth-order valence-electron chi connectivity index (χ4n) is 5.56. The average Bonchev–Trinajstić information content (AvgIpc) is 2.95. The van der Waals surface area contributed by atoms with Gasteiger partial charge in [-0.05, 0) is 94.5 Å². The highest BCUT2D eigenvalue weighted by Crippen LogP contribution is 2.57. The van der Waals surface area contributed by atoms with Gasteiger partial charge in [-0.3, -0.25) is 0 Å². The molecule has 0 radical (unpaired) electrons. The Morgan fingerprint density at radius 1 is 1.21 bits per heavy atom. The lowest BCUT2D eigenvalue weighted by molar-refractivity contribution is -0.000945. The van der Waals surface area contributed by atoms with Gasteiger partial charge in [-0.2, -0.15) is 0 Å². The van der Waals surface area contributed by atoms with Gasteiger partial charge >= 0.3 is 0 Å². The van der Waals surface area contributed by atoms with Crippen LogP contribution >= 0.6 is 0 Å². The predicted molar refractivity (Wildman–Crippen MR) is 115 cm³/mol. The Morgan fingerprint density at radius 2 is 2.00 bits per heavy atom. The van der Waals surface area contributed by atoms with Crippen LogP contribution in [0.4, 0.5) is 0 Å². The first kappa shape index (κ1) is 21.8. The molecule has 3 aliphatic carbocycles. The van der Waals surface area contributed by atoms with Crippen molar-refractivity contribution < 1.29 is 14.9 Å². The molecule has 0 aliphatic heterocycles. The lowest BCUT2D eigenvalue weighted by Crippen LogP contribution is -2.35. The standard InChI is InChI=1S/C25H40O3/c1-18-7-11-22(26)16-20(18)9-8-19-6-5-13-25(4)21(10-12-23(19)25)17-28-15-14-24(2,3)27/h8-9,21-23,26-27H,1,5-7,10-17H2,2-4H3/b19-8+,20-9+. The number of aliphatic hydroxyl groups is 2. The van der Waals surface area contributed by atoms with Crippen molar-refractivity contribution in [2.45, 2.75) is 90.3 Å². The Morgan fingerprint density at radius 3 is 2.75 bits per heavy atom. The molecule has 3 fully saturated rings. The number of rotatable bonds is 6. The lowest BCUT2D eigenvalue weighted by atomic mass is 9.63. The summed E-state index contributed by atoms with van der Waals surface area (Å²) in [4.78, 5) is 0. The fourth-order valence-corrected chi connectivity index (χ4v) is 5.56. The van der Waals surface area contributed by atoms with E-state index in [0.717, 1.165) is 25.9 Å². The summed E-state index contributed by atoms with van der Waals surface area (Å²) in [5.41, 5.74) is 3.72. The summed E-state index contributed by atoms with van der Waals surface area (Å²) in [6.07, 6.45) is 13.9. The molecule has 3 aliphatic rings. The Bertz CT molecular complexity index is 624. The molecule has 0 spiro atoms. The van der Waals surface area contributed by atoms with Crippen molar-refractivity contribution in [3.8, 4) is 0 Å². The topological polar surface area (TPSA) is 49.7 Å². The van der Waals surface area contributed by atoms with Crippen molar-refractivity contribution >= 4 is 0 Å². The average molecular weight is 389 g/mol. The maximum Gasteiger partial charge on any atom is 0.0613 e. The summed E-state index contributed by atoms with van der Waals surface area (Å²) < 4.78 is 5.99. The zero-order valence-electron chi connectivity index (χ0n) is 18.2. The Labute approximate surface area is 171 Å². The van der Waals surface area contributed by atoms with Crippen molar-refractivity contribution in [1.29, 1.82) is 0 Å². The summed E-state index contributed by atoms with van der Waals surface area (Å²) in [6, 6.07) is 0. The molecule has 0 heterocycles. The zero-order valence-corrected chi connectivity index (χ0v) is 18.2. The zero-order chi connectivity index (χ0) is 20.4. The second-order valence-electron chi connectivity index (χ2n) is 10.3. The van der Waals surface area contributed by atoms with Crippen molar-refractivity contribution in [1.82, 2.24) is 0 Å². The molecule has 0 bridgehead atoms. The lowest BCUT2D eigenvalue weighted by Gasteiger charge is -2.42. The molecule has 158 valence electrons. The molecule has 3 heteroatoms. The molecule has 3 rings (SSSR count). The van der Waals surface area contributed by atoms with Crippen molar-refractivity contribution in [2.75, 3.05) is 13.2 Å². The molecule has 3 nitrogen and oxygen atoms in total. The summed E-state index contributed by atoms with van der Waals surface area (Å²) in [6.45, 7) is 11.8. The van der Waals surface area contributed by atoms with Crippen LogP contribution in [0.15, 0.2) is 35.5 Å². The van der Waals surface area contributed by atoms with E-state index in [2.05, 4.69) is 25.7 Å². The van der Waals surface area contributed by atoms with E-state index in [4.69, 9.17) is 4.74 Å². The van der Waals surface area contributed by atoms with Gasteiger partial charge in [0.1, 0.15) is 0 Å². The van der Waals surface area contributed by atoms with Gasteiger partial charge in [0.05, 0.1) is 11.7 Å². The van der Waals surface area contributed by atoms with E-state index < -0.39 is 5.60 Å². The Hall–Kier alpha value is -0.900. The molecule has 0 saturated heterocycles. The van der Waals surface area contributed by atoms with Crippen LogP contribution in [-0.4, -0.2) is 35.1 Å². The van der Waals surface area contributed by atoms with Gasteiger partial charge in [0, 0.05) is 13.2 Å². The van der Waals surface area contributed by atoms with Gasteiger partial charge in [0.15, 0.2) is 0 Å². The minimum atomic E-state index is -0.646. The molecule has 4 atom stereocenters. The van der Waals surface area contributed by atoms with E-state index in [1.54, 1.807) is 5.57 Å². The van der Waals surface area contributed by atoms with Gasteiger partial charge < -0.3 is 14.9 Å². The second-order valence-corrected chi connectivity index (χ2v) is 10.3. The minimum Gasteiger partial charge on any atom is -0.393 e. The summed E-state index contributed by atoms with van der Waals surface area (Å²) in [5, 5.41) is 19.9. The highest BCUT2D eigenvalue weighted by molar-refractivity contribution is 5.36. The molecule has 0 amide bonds. The molecule has 28 heavy (non-hydrogen) atoms. The van der Waals surface area contributed by atoms with Crippen LogP contribution in [-0.2, 0) is 4.74 Å². The van der Waals surface area contributed by atoms with Crippen LogP contribution in [0.1, 0.15) is 78.6 Å². The van der Waals surface area contributed by atoms with E-state index in [9.17, 15) is 10.2 Å². The molecule has 4 unspecified atom stereocenters. The van der Waals surface area contributed by atoms with Gasteiger partial charge in [0.2, 0.25) is 0 Å². The number of hydrogen-bond donors (Lipinski definition) is 2. The number of aliphatic hydroxyl groups excluding tert-OH is 1. The smallest absolute Gasteiger partial charge is 0.0613 e. The fraction of sp³-hybridized carbons (Fsp3) is 0.760. The summed E-state index contributed by atoms with van der Waals surface area (Å²) in [7, 11) is 0. The largest absolute Gasteiger partial charge is 0.393 e. The van der Waals surface area contributed by atoms with E-state index in [-0.39, 0.29) is 6.10 Å². The van der Waals surface area contributed by atoms with Crippen LogP contribution in [0, 0.1) is 17.3 Å². The Balaban J connectivity index is 1.63. The quantitative estimate of drug-likeness (QED) is 0.604. The number of ether oxygens (including phenoxy) is 1. The molecular weight excluding hydrogens is 348 g/mol. The first-order valence-electron chi connectivity index (χ1n) is 11.2. The van der Waals surface area contributed by atoms with E-state index in [0.29, 0.717) is 30.3 Å². The van der Waals surface area contributed by atoms with E-state index in [1.165, 1.54) is 43.3 Å². The van der Waals surface area contributed by atoms with E-state index >= 15 is 0 Å². The van der Waals surface area contributed by atoms with Crippen LogP contribution in [0.3, 0.4) is 0 Å². The minimum absolute atomic E-state index is 0.205. The molecule has 2 N–H and O–H groups in total. The first-order valence-corrected chi connectivity index (χ1v) is 11.2. The number of allylic oxidation sites excluding steroid dienone is 4. The van der Waals surface area contributed by atoms with Crippen molar-refractivity contribution in [3.63, 3.8) is 0 Å². The normalized spacial score (nSPS) is 36.9. The molecular formula is C25H40O3. The summed E-state index contributed by atoms with van der Waals surface area (Å²) in [5.74, 6) is 1.27. The molecule has 3 saturated carbocycles. The number of fused-ring (bicyclic) bond motifs is 1. The van der Waals surface area contributed by atoms with Gasteiger partial charge in [0.25, 0.3) is 0 Å². The maximum absolute atomic E-state index is 9.98. The first-order chi connectivity index (χ1) is 13.2. The third kappa shape index (κ3) is 5.17. The predicted octanol–water partition coefficient (Wildman–Crippen LogP) is 5.33. The molecule has 0 aromatic carbocycles. The molecule has 0 aromatic heterocycles. The molecule has 0 aromatic rings. The van der Waals surface area contributed by atoms with Gasteiger partial charge in [-0.1, -0.05) is 36.8 Å². The van der Waals surface area contributed by atoms with Gasteiger partial charge in [-0.25, -0.2) is 0 Å². The third-order valence-corrected chi connectivity index (χ3v) is 7.53. The van der Waals surface area contributed by atoms with Crippen LogP contribution in [0.5, 0.6) is 0 Å². The monoisotopic (exact) mass is 388 g/mol. The SMILES string of the molecule is C=C1CCC(O)C/C1=C\C=C1/CCCC2(C)C(COCCC(C)(C)O)CCC12. The van der Waals surface area contributed by atoms with Crippen LogP contribution in [0.2, 0.25) is 0 Å². The van der Waals surface area contributed by atoms with E-state index in [1.807, 2.05) is 13.8 Å². The highest BCUT2D eigenvalue weighted by atomic mass is 16.5. The van der Waals surface area contributed by atoms with Crippen LogP contribution in [0.25, 0.3) is 0 Å². The van der Waals surface area contributed by atoms with Crippen molar-refractivity contribution in [3.05, 3.63) is 35.5 Å². The van der Waals surface area contributed by atoms with Crippen LogP contribution < -0.4 is 0 Å². The second kappa shape index (κ2) is 8.85. The highest BCUT2D eigenvalue weighted by Gasteiger charge is 2.49.